The summed E-state index contributed by atoms with van der Waals surface area (Å²) >= 11 is 0. The minimum Gasteiger partial charge on any atom is -0.334 e. The monoisotopic (exact) mass is 340 g/mol. The van der Waals surface area contributed by atoms with Crippen LogP contribution in [0.4, 0.5) is 11.6 Å². The van der Waals surface area contributed by atoms with Crippen molar-refractivity contribution in [2.75, 3.05) is 5.32 Å². The van der Waals surface area contributed by atoms with Gasteiger partial charge in [-0.1, -0.05) is 36.4 Å². The van der Waals surface area contributed by atoms with Crippen molar-refractivity contribution in [3.8, 4) is 11.3 Å². The largest absolute Gasteiger partial charge is 0.334 e. The summed E-state index contributed by atoms with van der Waals surface area (Å²) in [6.07, 6.45) is 1.81. The zero-order valence-electron chi connectivity index (χ0n) is 14.2. The van der Waals surface area contributed by atoms with E-state index in [4.69, 9.17) is 0 Å². The molecule has 3 aromatic heterocycles. The van der Waals surface area contributed by atoms with E-state index >= 15 is 0 Å². The summed E-state index contributed by atoms with van der Waals surface area (Å²) in [5.74, 6) is 0.559. The second-order valence-electron chi connectivity index (χ2n) is 6.17. The molecule has 5 aromatic rings. The number of anilines is 2. The van der Waals surface area contributed by atoms with Crippen LogP contribution in [0.1, 0.15) is 0 Å². The molecule has 6 heteroatoms. The zero-order valence-corrected chi connectivity index (χ0v) is 14.2. The van der Waals surface area contributed by atoms with Gasteiger partial charge in [0.1, 0.15) is 0 Å². The van der Waals surface area contributed by atoms with E-state index in [1.165, 1.54) is 0 Å². The molecule has 126 valence electrons. The van der Waals surface area contributed by atoms with E-state index in [-0.39, 0.29) is 0 Å². The van der Waals surface area contributed by atoms with Crippen LogP contribution in [0.3, 0.4) is 0 Å². The van der Waals surface area contributed by atoms with E-state index in [1.807, 2.05) is 77.1 Å². The molecule has 26 heavy (non-hydrogen) atoms. The number of hydrogen-bond donors (Lipinski definition) is 1. The summed E-state index contributed by atoms with van der Waals surface area (Å²) in [6, 6.07) is 22.2. The van der Waals surface area contributed by atoms with Crippen LogP contribution < -0.4 is 5.32 Å². The zero-order chi connectivity index (χ0) is 17.5. The number of imidazole rings is 1. The third-order valence-electron chi connectivity index (χ3n) is 4.41. The maximum atomic E-state index is 4.64. The summed E-state index contributed by atoms with van der Waals surface area (Å²) in [7, 11) is 1.98. The molecule has 6 nitrogen and oxygen atoms in total. The molecule has 0 aliphatic rings. The van der Waals surface area contributed by atoms with Crippen molar-refractivity contribution in [1.82, 2.24) is 24.1 Å². The predicted octanol–water partition coefficient (Wildman–Crippen LogP) is 4.03. The highest BCUT2D eigenvalue weighted by atomic mass is 15.4. The fourth-order valence-electron chi connectivity index (χ4n) is 3.13. The van der Waals surface area contributed by atoms with Crippen LogP contribution in [0.5, 0.6) is 0 Å². The number of nitrogens with zero attached hydrogens (tertiary/aromatic N) is 5. The van der Waals surface area contributed by atoms with Crippen molar-refractivity contribution < 1.29 is 0 Å². The van der Waals surface area contributed by atoms with Gasteiger partial charge in [0.2, 0.25) is 5.95 Å². The standard InChI is InChI=1S/C20H16N6/c1-25-13-21-16-12-15(10-11-18(16)25)22-20-23-19-9-5-8-17(26(19)24-20)14-6-3-2-4-7-14/h2-13H,1H3,(H,22,24). The topological polar surface area (TPSA) is 60.0 Å². The van der Waals surface area contributed by atoms with Gasteiger partial charge in [-0.2, -0.15) is 4.98 Å². The first-order valence-electron chi connectivity index (χ1n) is 8.37. The van der Waals surface area contributed by atoms with Gasteiger partial charge in [-0.3, -0.25) is 0 Å². The average Bonchev–Trinajstić information content (AvgIpc) is 3.25. The molecule has 1 N–H and O–H groups in total. The molecule has 0 saturated heterocycles. The summed E-state index contributed by atoms with van der Waals surface area (Å²) < 4.78 is 3.85. The highest BCUT2D eigenvalue weighted by Crippen LogP contribution is 2.23. The Morgan fingerprint density at radius 2 is 1.81 bits per heavy atom. The Labute approximate surface area is 149 Å². The number of aromatic nitrogens is 5. The van der Waals surface area contributed by atoms with Crippen molar-refractivity contribution in [1.29, 1.82) is 0 Å². The smallest absolute Gasteiger partial charge is 0.247 e. The fourth-order valence-corrected chi connectivity index (χ4v) is 3.13. The predicted molar refractivity (Wildman–Crippen MR) is 102 cm³/mol. The van der Waals surface area contributed by atoms with Crippen LogP contribution in [0.25, 0.3) is 27.9 Å². The third-order valence-corrected chi connectivity index (χ3v) is 4.41. The lowest BCUT2D eigenvalue weighted by atomic mass is 10.1. The number of pyridine rings is 1. The molecular weight excluding hydrogens is 324 g/mol. The van der Waals surface area contributed by atoms with Crippen LogP contribution in [0.15, 0.2) is 73.1 Å². The van der Waals surface area contributed by atoms with Gasteiger partial charge < -0.3 is 9.88 Å². The Kier molecular flexibility index (Phi) is 3.21. The Bertz CT molecular complexity index is 1220. The highest BCUT2D eigenvalue weighted by molar-refractivity contribution is 5.80. The van der Waals surface area contributed by atoms with E-state index in [0.29, 0.717) is 5.95 Å². The van der Waals surface area contributed by atoms with Gasteiger partial charge in [0.15, 0.2) is 5.65 Å². The number of rotatable bonds is 3. The van der Waals surface area contributed by atoms with E-state index in [1.54, 1.807) is 0 Å². The molecule has 0 spiro atoms. The molecule has 0 fully saturated rings. The lowest BCUT2D eigenvalue weighted by Gasteiger charge is -2.03. The molecule has 0 amide bonds. The lowest BCUT2D eigenvalue weighted by molar-refractivity contribution is 0.947. The van der Waals surface area contributed by atoms with E-state index in [0.717, 1.165) is 33.6 Å². The molecule has 0 bridgehead atoms. The van der Waals surface area contributed by atoms with Crippen LogP contribution in [0, 0.1) is 0 Å². The van der Waals surface area contributed by atoms with Gasteiger partial charge >= 0.3 is 0 Å². The van der Waals surface area contributed by atoms with Gasteiger partial charge in [-0.15, -0.1) is 5.10 Å². The first-order chi connectivity index (χ1) is 12.8. The number of fused-ring (bicyclic) bond motifs is 2. The minimum absolute atomic E-state index is 0.559. The maximum Gasteiger partial charge on any atom is 0.247 e. The van der Waals surface area contributed by atoms with Gasteiger partial charge in [0.25, 0.3) is 0 Å². The second kappa shape index (κ2) is 5.70. The molecule has 0 radical (unpaired) electrons. The van der Waals surface area contributed by atoms with Gasteiger partial charge in [0.05, 0.1) is 23.1 Å². The average molecular weight is 340 g/mol. The van der Waals surface area contributed by atoms with Crippen molar-refractivity contribution in [2.24, 2.45) is 7.05 Å². The third kappa shape index (κ3) is 2.39. The Morgan fingerprint density at radius 1 is 0.923 bits per heavy atom. The number of benzene rings is 2. The second-order valence-corrected chi connectivity index (χ2v) is 6.17. The van der Waals surface area contributed by atoms with Crippen LogP contribution in [-0.2, 0) is 7.05 Å². The van der Waals surface area contributed by atoms with Gasteiger partial charge in [-0.05, 0) is 30.3 Å². The summed E-state index contributed by atoms with van der Waals surface area (Å²) in [5, 5.41) is 7.92. The first-order valence-corrected chi connectivity index (χ1v) is 8.37. The maximum absolute atomic E-state index is 4.64. The molecule has 0 aliphatic carbocycles. The van der Waals surface area contributed by atoms with Crippen molar-refractivity contribution in [3.63, 3.8) is 0 Å². The molecule has 5 rings (SSSR count). The summed E-state index contributed by atoms with van der Waals surface area (Å²) in [6.45, 7) is 0. The summed E-state index contributed by atoms with van der Waals surface area (Å²) in [5.41, 5.74) is 5.84. The van der Waals surface area contributed by atoms with Gasteiger partial charge in [-0.25, -0.2) is 9.50 Å². The van der Waals surface area contributed by atoms with Crippen LogP contribution >= 0.6 is 0 Å². The van der Waals surface area contributed by atoms with Gasteiger partial charge in [0, 0.05) is 18.3 Å². The molecule has 2 aromatic carbocycles. The Morgan fingerprint density at radius 3 is 2.69 bits per heavy atom. The molecule has 0 atom stereocenters. The SMILES string of the molecule is Cn1cnc2cc(Nc3nc4cccc(-c5ccccc5)n4n3)ccc21. The fraction of sp³-hybridized carbons (Fsp3) is 0.0500. The van der Waals surface area contributed by atoms with Crippen LogP contribution in [0.2, 0.25) is 0 Å². The number of hydrogen-bond acceptors (Lipinski definition) is 4. The summed E-state index contributed by atoms with van der Waals surface area (Å²) in [4.78, 5) is 8.99. The van der Waals surface area contributed by atoms with E-state index < -0.39 is 0 Å². The lowest BCUT2D eigenvalue weighted by Crippen LogP contribution is -1.95. The van der Waals surface area contributed by atoms with Crippen molar-refractivity contribution in [3.05, 3.63) is 73.1 Å². The Balaban J connectivity index is 1.55. The minimum atomic E-state index is 0.559. The quantitative estimate of drug-likeness (QED) is 0.539. The number of aryl methyl sites for hydroxylation is 1. The molecule has 3 heterocycles. The molecular formula is C20H16N6. The number of nitrogens with one attached hydrogen (secondary N) is 1. The Hall–Kier alpha value is -3.67. The van der Waals surface area contributed by atoms with E-state index in [9.17, 15) is 0 Å². The van der Waals surface area contributed by atoms with E-state index in [2.05, 4.69) is 32.5 Å². The van der Waals surface area contributed by atoms with Crippen molar-refractivity contribution in [2.45, 2.75) is 0 Å². The molecule has 0 aliphatic heterocycles. The van der Waals surface area contributed by atoms with Crippen molar-refractivity contribution >= 4 is 28.3 Å². The van der Waals surface area contributed by atoms with Crippen LogP contribution in [-0.4, -0.2) is 24.1 Å². The highest BCUT2D eigenvalue weighted by Gasteiger charge is 2.09. The first kappa shape index (κ1) is 14.7. The molecule has 0 unspecified atom stereocenters. The normalized spacial score (nSPS) is 11.3. The molecule has 0 saturated carbocycles.